The zero-order valence-electron chi connectivity index (χ0n) is 8.85. The normalized spacial score (nSPS) is 9.06. The largest absolute Gasteiger partial charge is 1.00 e. The van der Waals surface area contributed by atoms with Crippen LogP contribution in [0.2, 0.25) is 0 Å². The number of amides is 1. The maximum atomic E-state index is 11.3. The van der Waals surface area contributed by atoms with Gasteiger partial charge in [0.2, 0.25) is 6.54 Å². The summed E-state index contributed by atoms with van der Waals surface area (Å²) in [6.45, 7) is 2.19. The molecule has 0 fully saturated rings. The number of hydrogen-bond acceptors (Lipinski definition) is 3. The third-order valence-electron chi connectivity index (χ3n) is 1.74. The third kappa shape index (κ3) is 4.27. The molecule has 0 saturated carbocycles. The van der Waals surface area contributed by atoms with E-state index in [1.54, 1.807) is 36.0 Å². The molecular formula is C10H13ClN2O3. The Morgan fingerprint density at radius 1 is 1.38 bits per heavy atom. The fraction of sp³-hybridized carbons (Fsp3) is 0.300. The van der Waals surface area contributed by atoms with Crippen molar-refractivity contribution in [3.05, 3.63) is 30.1 Å². The van der Waals surface area contributed by atoms with Gasteiger partial charge in [0.25, 0.3) is 5.91 Å². The van der Waals surface area contributed by atoms with Crippen LogP contribution in [0.15, 0.2) is 24.5 Å². The first-order valence-corrected chi connectivity index (χ1v) is 4.58. The van der Waals surface area contributed by atoms with E-state index < -0.39 is 5.91 Å². The lowest BCUT2D eigenvalue weighted by Crippen LogP contribution is -3.00. The Kier molecular flexibility index (Phi) is 6.10. The number of aromatic nitrogens is 1. The lowest BCUT2D eigenvalue weighted by Gasteiger charge is -1.99. The lowest BCUT2D eigenvalue weighted by atomic mass is 10.3. The number of rotatable bonds is 4. The van der Waals surface area contributed by atoms with Crippen molar-refractivity contribution in [1.82, 2.24) is 0 Å². The summed E-state index contributed by atoms with van der Waals surface area (Å²) in [6, 6.07) is 3.17. The molecule has 0 aliphatic rings. The summed E-state index contributed by atoms with van der Waals surface area (Å²) in [5.74, 6) is -0.799. The molecule has 0 aliphatic heterocycles. The Morgan fingerprint density at radius 3 is 2.38 bits per heavy atom. The summed E-state index contributed by atoms with van der Waals surface area (Å²) in [5.41, 5.74) is 5.47. The van der Waals surface area contributed by atoms with Gasteiger partial charge in [-0.15, -0.1) is 0 Å². The average Bonchev–Trinajstić information content (AvgIpc) is 2.18. The standard InChI is InChI=1S/C10H12N2O3.ClH/c1-2-15-10(14)8-3-5-12(6-4-8)7-9(11)13;/h3-6H,2,7H2,1H3,(H-,11,13);1H. The zero-order chi connectivity index (χ0) is 11.3. The van der Waals surface area contributed by atoms with Crippen LogP contribution < -0.4 is 22.7 Å². The van der Waals surface area contributed by atoms with E-state index in [4.69, 9.17) is 10.5 Å². The highest BCUT2D eigenvalue weighted by molar-refractivity contribution is 5.88. The quantitative estimate of drug-likeness (QED) is 0.444. The lowest BCUT2D eigenvalue weighted by molar-refractivity contribution is -0.684. The molecule has 2 N–H and O–H groups in total. The second-order valence-corrected chi connectivity index (χ2v) is 2.95. The fourth-order valence-corrected chi connectivity index (χ4v) is 1.09. The number of ether oxygens (including phenoxy) is 1. The molecule has 1 heterocycles. The first-order chi connectivity index (χ1) is 7.13. The monoisotopic (exact) mass is 244 g/mol. The van der Waals surface area contributed by atoms with Gasteiger partial charge in [-0.1, -0.05) is 0 Å². The minimum Gasteiger partial charge on any atom is -1.00 e. The number of halogens is 1. The number of pyridine rings is 1. The summed E-state index contributed by atoms with van der Waals surface area (Å²) in [5, 5.41) is 0. The number of primary amides is 1. The van der Waals surface area contributed by atoms with Crippen LogP contribution in [0, 0.1) is 0 Å². The van der Waals surface area contributed by atoms with Crippen LogP contribution in [0.5, 0.6) is 0 Å². The van der Waals surface area contributed by atoms with Crippen molar-refractivity contribution in [2.24, 2.45) is 5.73 Å². The molecule has 88 valence electrons. The predicted molar refractivity (Wildman–Crippen MR) is 51.8 cm³/mol. The Hall–Kier alpha value is -1.62. The first kappa shape index (κ1) is 14.4. The smallest absolute Gasteiger partial charge is 0.338 e. The van der Waals surface area contributed by atoms with E-state index in [2.05, 4.69) is 0 Å². The van der Waals surface area contributed by atoms with Crippen molar-refractivity contribution in [2.75, 3.05) is 6.61 Å². The average molecular weight is 245 g/mol. The van der Waals surface area contributed by atoms with Gasteiger partial charge < -0.3 is 22.9 Å². The van der Waals surface area contributed by atoms with Gasteiger partial charge in [-0.3, -0.25) is 4.79 Å². The molecule has 0 bridgehead atoms. The summed E-state index contributed by atoms with van der Waals surface area (Å²) < 4.78 is 6.40. The van der Waals surface area contributed by atoms with Crippen LogP contribution >= 0.6 is 0 Å². The van der Waals surface area contributed by atoms with Crippen LogP contribution in [0.25, 0.3) is 0 Å². The highest BCUT2D eigenvalue weighted by atomic mass is 35.5. The van der Waals surface area contributed by atoms with Gasteiger partial charge in [-0.05, 0) is 6.92 Å². The maximum absolute atomic E-state index is 11.3. The molecule has 0 aromatic carbocycles. The minimum absolute atomic E-state index is 0. The van der Waals surface area contributed by atoms with Crippen LogP contribution in [-0.2, 0) is 16.1 Å². The van der Waals surface area contributed by atoms with Gasteiger partial charge in [0.1, 0.15) is 0 Å². The third-order valence-corrected chi connectivity index (χ3v) is 1.74. The number of nitrogens with two attached hydrogens (primary N) is 1. The second kappa shape index (κ2) is 6.79. The van der Waals surface area contributed by atoms with E-state index in [9.17, 15) is 9.59 Å². The molecule has 0 unspecified atom stereocenters. The number of nitrogens with zero attached hydrogens (tertiary/aromatic N) is 1. The van der Waals surface area contributed by atoms with Crippen molar-refractivity contribution in [2.45, 2.75) is 13.5 Å². The molecule has 0 atom stereocenters. The number of esters is 1. The van der Waals surface area contributed by atoms with Gasteiger partial charge in [-0.25, -0.2) is 4.79 Å². The van der Waals surface area contributed by atoms with E-state index in [1.807, 2.05) is 0 Å². The molecule has 1 amide bonds. The molecule has 0 spiro atoms. The van der Waals surface area contributed by atoms with Crippen molar-refractivity contribution in [1.29, 1.82) is 0 Å². The van der Waals surface area contributed by atoms with Crippen LogP contribution in [0.1, 0.15) is 17.3 Å². The van der Waals surface area contributed by atoms with Gasteiger partial charge in [0.15, 0.2) is 12.4 Å². The van der Waals surface area contributed by atoms with E-state index in [0.717, 1.165) is 0 Å². The Bertz CT molecular complexity index is 365. The van der Waals surface area contributed by atoms with E-state index >= 15 is 0 Å². The number of carbonyl (C=O) groups excluding carboxylic acids is 2. The molecule has 1 rings (SSSR count). The summed E-state index contributed by atoms with van der Waals surface area (Å²) in [4.78, 5) is 21.9. The number of carbonyl (C=O) groups is 2. The summed E-state index contributed by atoms with van der Waals surface area (Å²) in [7, 11) is 0. The SMILES string of the molecule is CCOC(=O)c1cc[n+](CC(N)=O)cc1.[Cl-]. The first-order valence-electron chi connectivity index (χ1n) is 4.58. The molecule has 5 nitrogen and oxygen atoms in total. The second-order valence-electron chi connectivity index (χ2n) is 2.95. The molecular weight excluding hydrogens is 232 g/mol. The van der Waals surface area contributed by atoms with Gasteiger partial charge >= 0.3 is 5.97 Å². The topological polar surface area (TPSA) is 73.3 Å². The van der Waals surface area contributed by atoms with E-state index in [1.165, 1.54) is 0 Å². The Balaban J connectivity index is 0.00000225. The highest BCUT2D eigenvalue weighted by Crippen LogP contribution is 1.97. The van der Waals surface area contributed by atoms with Gasteiger partial charge in [-0.2, -0.15) is 4.57 Å². The van der Waals surface area contributed by atoms with Crippen molar-refractivity contribution >= 4 is 11.9 Å². The van der Waals surface area contributed by atoms with Gasteiger partial charge in [0, 0.05) is 12.1 Å². The van der Waals surface area contributed by atoms with Crippen molar-refractivity contribution in [3.8, 4) is 0 Å². The molecule has 6 heteroatoms. The Morgan fingerprint density at radius 2 is 1.94 bits per heavy atom. The predicted octanol–water partition coefficient (Wildman–Crippen LogP) is -3.36. The van der Waals surface area contributed by atoms with E-state index in [0.29, 0.717) is 12.2 Å². The zero-order valence-corrected chi connectivity index (χ0v) is 9.61. The summed E-state index contributed by atoms with van der Waals surface area (Å²) in [6.07, 6.45) is 3.22. The summed E-state index contributed by atoms with van der Waals surface area (Å²) >= 11 is 0. The van der Waals surface area contributed by atoms with E-state index in [-0.39, 0.29) is 24.9 Å². The van der Waals surface area contributed by atoms with Crippen molar-refractivity contribution < 1.29 is 31.3 Å². The maximum Gasteiger partial charge on any atom is 0.338 e. The van der Waals surface area contributed by atoms with Crippen molar-refractivity contribution in [3.63, 3.8) is 0 Å². The number of hydrogen-bond donors (Lipinski definition) is 1. The molecule has 0 radical (unpaired) electrons. The van der Waals surface area contributed by atoms with Crippen LogP contribution in [-0.4, -0.2) is 18.5 Å². The Labute approximate surface area is 99.6 Å². The van der Waals surface area contributed by atoms with Crippen LogP contribution in [0.3, 0.4) is 0 Å². The molecule has 0 aliphatic carbocycles. The molecule has 0 saturated heterocycles. The minimum atomic E-state index is -0.427. The van der Waals surface area contributed by atoms with Crippen LogP contribution in [0.4, 0.5) is 0 Å². The molecule has 16 heavy (non-hydrogen) atoms. The fourth-order valence-electron chi connectivity index (χ4n) is 1.09. The molecule has 1 aromatic heterocycles. The molecule has 1 aromatic rings. The van der Waals surface area contributed by atoms with Gasteiger partial charge in [0.05, 0.1) is 12.2 Å². The highest BCUT2D eigenvalue weighted by Gasteiger charge is 2.09.